The van der Waals surface area contributed by atoms with Crippen molar-refractivity contribution in [2.75, 3.05) is 33.9 Å². The molecule has 1 aromatic carbocycles. The molecule has 21 heavy (non-hydrogen) atoms. The van der Waals surface area contributed by atoms with Crippen LogP contribution in [0.1, 0.15) is 12.5 Å². The zero-order valence-corrected chi connectivity index (χ0v) is 12.7. The third kappa shape index (κ3) is 6.16. The van der Waals surface area contributed by atoms with Crippen LogP contribution in [0.15, 0.2) is 24.3 Å². The second kappa shape index (κ2) is 8.84. The summed E-state index contributed by atoms with van der Waals surface area (Å²) in [4.78, 5) is 24.2. The highest BCUT2D eigenvalue weighted by Crippen LogP contribution is 2.12. The van der Waals surface area contributed by atoms with Gasteiger partial charge in [-0.1, -0.05) is 12.1 Å². The first-order chi connectivity index (χ1) is 10.1. The third-order valence-corrected chi connectivity index (χ3v) is 3.11. The van der Waals surface area contributed by atoms with Crippen molar-refractivity contribution in [3.8, 4) is 5.75 Å². The van der Waals surface area contributed by atoms with E-state index in [0.717, 1.165) is 17.7 Å². The van der Waals surface area contributed by atoms with Crippen LogP contribution in [0.2, 0.25) is 0 Å². The standard InChI is InChI=1S/C15H22N2O4/c1-12(18)17(11-9-16-15(19)21-3)10-8-13-4-6-14(20-2)7-5-13/h4-7H,8-11H2,1-3H3,(H,16,19). The predicted octanol–water partition coefficient (Wildman–Crippen LogP) is 1.44. The van der Waals surface area contributed by atoms with Crippen LogP contribution in [0.3, 0.4) is 0 Å². The molecule has 0 radical (unpaired) electrons. The zero-order chi connectivity index (χ0) is 15.7. The number of benzene rings is 1. The van der Waals surface area contributed by atoms with E-state index in [9.17, 15) is 9.59 Å². The number of rotatable bonds is 7. The number of hydrogen-bond donors (Lipinski definition) is 1. The number of carbonyl (C=O) groups is 2. The maximum Gasteiger partial charge on any atom is 0.406 e. The smallest absolute Gasteiger partial charge is 0.406 e. The summed E-state index contributed by atoms with van der Waals surface area (Å²) in [6, 6.07) is 7.74. The number of amides is 2. The number of hydrogen-bond acceptors (Lipinski definition) is 4. The van der Waals surface area contributed by atoms with Crippen LogP contribution in [-0.4, -0.2) is 50.8 Å². The van der Waals surface area contributed by atoms with Gasteiger partial charge in [0.15, 0.2) is 0 Å². The van der Waals surface area contributed by atoms with E-state index in [1.54, 1.807) is 12.0 Å². The zero-order valence-electron chi connectivity index (χ0n) is 12.7. The Bertz CT molecular complexity index is 459. The van der Waals surface area contributed by atoms with Gasteiger partial charge in [-0.15, -0.1) is 0 Å². The quantitative estimate of drug-likeness (QED) is 0.826. The average molecular weight is 294 g/mol. The Morgan fingerprint density at radius 3 is 2.33 bits per heavy atom. The Hall–Kier alpha value is -2.24. The molecule has 1 rings (SSSR count). The molecule has 0 aliphatic heterocycles. The molecule has 116 valence electrons. The monoisotopic (exact) mass is 294 g/mol. The first-order valence-electron chi connectivity index (χ1n) is 6.77. The van der Waals surface area contributed by atoms with Crippen LogP contribution in [0.25, 0.3) is 0 Å². The molecule has 6 heteroatoms. The SMILES string of the molecule is COC(=O)NCCN(CCc1ccc(OC)cc1)C(C)=O. The van der Waals surface area contributed by atoms with E-state index in [1.807, 2.05) is 24.3 Å². The lowest BCUT2D eigenvalue weighted by Crippen LogP contribution is -2.38. The summed E-state index contributed by atoms with van der Waals surface area (Å²) in [5.74, 6) is 0.791. The third-order valence-electron chi connectivity index (χ3n) is 3.11. The van der Waals surface area contributed by atoms with Crippen LogP contribution >= 0.6 is 0 Å². The van der Waals surface area contributed by atoms with Gasteiger partial charge in [-0.05, 0) is 24.1 Å². The first kappa shape index (κ1) is 16.8. The van der Waals surface area contributed by atoms with Gasteiger partial charge in [-0.3, -0.25) is 4.79 Å². The molecule has 2 amide bonds. The van der Waals surface area contributed by atoms with Gasteiger partial charge in [0.05, 0.1) is 14.2 Å². The minimum atomic E-state index is -0.492. The molecule has 0 unspecified atom stereocenters. The van der Waals surface area contributed by atoms with Crippen LogP contribution in [0.4, 0.5) is 4.79 Å². The lowest BCUT2D eigenvalue weighted by Gasteiger charge is -2.21. The Morgan fingerprint density at radius 1 is 1.14 bits per heavy atom. The summed E-state index contributed by atoms with van der Waals surface area (Å²) >= 11 is 0. The van der Waals surface area contributed by atoms with Gasteiger partial charge in [-0.25, -0.2) is 4.79 Å². The summed E-state index contributed by atoms with van der Waals surface area (Å²) in [5.41, 5.74) is 1.13. The Morgan fingerprint density at radius 2 is 1.81 bits per heavy atom. The maximum absolute atomic E-state index is 11.6. The highest BCUT2D eigenvalue weighted by atomic mass is 16.5. The van der Waals surface area contributed by atoms with Crippen molar-refractivity contribution in [3.63, 3.8) is 0 Å². The number of carbonyl (C=O) groups excluding carboxylic acids is 2. The van der Waals surface area contributed by atoms with Crippen LogP contribution in [0.5, 0.6) is 5.75 Å². The predicted molar refractivity (Wildman–Crippen MR) is 79.4 cm³/mol. The average Bonchev–Trinajstić information content (AvgIpc) is 2.50. The van der Waals surface area contributed by atoms with Crippen molar-refractivity contribution in [2.24, 2.45) is 0 Å². The lowest BCUT2D eigenvalue weighted by molar-refractivity contribution is -0.128. The van der Waals surface area contributed by atoms with Crippen molar-refractivity contribution in [3.05, 3.63) is 29.8 Å². The number of nitrogens with one attached hydrogen (secondary N) is 1. The first-order valence-corrected chi connectivity index (χ1v) is 6.77. The largest absolute Gasteiger partial charge is 0.497 e. The maximum atomic E-state index is 11.6. The minimum Gasteiger partial charge on any atom is -0.497 e. The molecule has 0 bridgehead atoms. The van der Waals surface area contributed by atoms with E-state index < -0.39 is 6.09 Å². The van der Waals surface area contributed by atoms with Gasteiger partial charge in [0.2, 0.25) is 5.91 Å². The van der Waals surface area contributed by atoms with E-state index in [0.29, 0.717) is 19.6 Å². The fourth-order valence-corrected chi connectivity index (χ4v) is 1.85. The molecule has 0 spiro atoms. The van der Waals surface area contributed by atoms with Crippen molar-refractivity contribution in [1.82, 2.24) is 10.2 Å². The fraction of sp³-hybridized carbons (Fsp3) is 0.467. The van der Waals surface area contributed by atoms with E-state index in [2.05, 4.69) is 10.1 Å². The Balaban J connectivity index is 2.42. The number of nitrogens with zero attached hydrogens (tertiary/aromatic N) is 1. The molecule has 0 atom stereocenters. The van der Waals surface area contributed by atoms with Crippen LogP contribution in [0, 0.1) is 0 Å². The fourth-order valence-electron chi connectivity index (χ4n) is 1.85. The molecule has 6 nitrogen and oxygen atoms in total. The molecular formula is C15H22N2O4. The molecule has 0 aliphatic rings. The Labute approximate surface area is 125 Å². The Kier molecular flexibility index (Phi) is 7.08. The lowest BCUT2D eigenvalue weighted by atomic mass is 10.1. The molecule has 0 aliphatic carbocycles. The minimum absolute atomic E-state index is 0.0184. The summed E-state index contributed by atoms with van der Waals surface area (Å²) in [7, 11) is 2.93. The van der Waals surface area contributed by atoms with Gasteiger partial charge < -0.3 is 19.7 Å². The van der Waals surface area contributed by atoms with Gasteiger partial charge in [0.25, 0.3) is 0 Å². The highest BCUT2D eigenvalue weighted by Gasteiger charge is 2.09. The van der Waals surface area contributed by atoms with Crippen LogP contribution < -0.4 is 10.1 Å². The molecule has 0 saturated carbocycles. The number of alkyl carbamates (subject to hydrolysis) is 1. The second-order valence-corrected chi connectivity index (χ2v) is 4.52. The highest BCUT2D eigenvalue weighted by molar-refractivity contribution is 5.73. The molecule has 0 saturated heterocycles. The van der Waals surface area contributed by atoms with Crippen LogP contribution in [-0.2, 0) is 16.0 Å². The van der Waals surface area contributed by atoms with E-state index in [1.165, 1.54) is 14.0 Å². The molecule has 0 aromatic heterocycles. The van der Waals surface area contributed by atoms with Gasteiger partial charge in [0.1, 0.15) is 5.75 Å². The summed E-state index contributed by atoms with van der Waals surface area (Å²) < 4.78 is 9.58. The summed E-state index contributed by atoms with van der Waals surface area (Å²) in [6.45, 7) is 2.95. The van der Waals surface area contributed by atoms with E-state index in [4.69, 9.17) is 4.74 Å². The second-order valence-electron chi connectivity index (χ2n) is 4.52. The van der Waals surface area contributed by atoms with Crippen molar-refractivity contribution in [2.45, 2.75) is 13.3 Å². The normalized spacial score (nSPS) is 9.86. The molecular weight excluding hydrogens is 272 g/mol. The molecule has 1 aromatic rings. The van der Waals surface area contributed by atoms with E-state index >= 15 is 0 Å². The van der Waals surface area contributed by atoms with Gasteiger partial charge >= 0.3 is 6.09 Å². The van der Waals surface area contributed by atoms with Crippen molar-refractivity contribution >= 4 is 12.0 Å². The van der Waals surface area contributed by atoms with Gasteiger partial charge in [0, 0.05) is 26.6 Å². The number of methoxy groups -OCH3 is 2. The van der Waals surface area contributed by atoms with E-state index in [-0.39, 0.29) is 5.91 Å². The topological polar surface area (TPSA) is 67.9 Å². The van der Waals surface area contributed by atoms with Crippen molar-refractivity contribution in [1.29, 1.82) is 0 Å². The molecule has 0 heterocycles. The molecule has 1 N–H and O–H groups in total. The number of ether oxygens (including phenoxy) is 2. The van der Waals surface area contributed by atoms with Crippen molar-refractivity contribution < 1.29 is 19.1 Å². The summed E-state index contributed by atoms with van der Waals surface area (Å²) in [5, 5.41) is 2.56. The van der Waals surface area contributed by atoms with Gasteiger partial charge in [-0.2, -0.15) is 0 Å². The molecule has 0 fully saturated rings. The summed E-state index contributed by atoms with van der Waals surface area (Å²) in [6.07, 6.45) is 0.260.